The molecule has 6 heteroatoms. The minimum atomic E-state index is -1.39. The Morgan fingerprint density at radius 1 is 1.14 bits per heavy atom. The average Bonchev–Trinajstić information content (AvgIpc) is 2.87. The second-order valence-corrected chi connectivity index (χ2v) is 5.65. The van der Waals surface area contributed by atoms with Gasteiger partial charge in [0.15, 0.2) is 0 Å². The van der Waals surface area contributed by atoms with E-state index in [4.69, 9.17) is 0 Å². The first-order valence-corrected chi connectivity index (χ1v) is 6.75. The Bertz CT molecular complexity index is 879. The first kappa shape index (κ1) is 13.1. The normalized spacial score (nSPS) is 22.0. The lowest BCUT2D eigenvalue weighted by Gasteiger charge is -2.22. The fourth-order valence-electron chi connectivity index (χ4n) is 3.54. The Hall–Kier alpha value is -2.63. The molecule has 22 heavy (non-hydrogen) atoms. The van der Waals surface area contributed by atoms with Crippen LogP contribution in [0.2, 0.25) is 0 Å². The number of aromatic nitrogens is 1. The van der Waals surface area contributed by atoms with Crippen molar-refractivity contribution in [3.05, 3.63) is 52.7 Å². The van der Waals surface area contributed by atoms with E-state index in [1.54, 1.807) is 6.92 Å². The number of carbonyl (C=O) groups excluding carboxylic acids is 2. The summed E-state index contributed by atoms with van der Waals surface area (Å²) in [6, 6.07) is 3.78. The van der Waals surface area contributed by atoms with E-state index >= 15 is 0 Å². The summed E-state index contributed by atoms with van der Waals surface area (Å²) in [5.41, 5.74) is 0.935. The molecule has 1 N–H and O–H groups in total. The van der Waals surface area contributed by atoms with Gasteiger partial charge in [0.2, 0.25) is 11.8 Å². The van der Waals surface area contributed by atoms with Crippen molar-refractivity contribution in [2.45, 2.75) is 18.8 Å². The third-order valence-corrected chi connectivity index (χ3v) is 4.38. The van der Waals surface area contributed by atoms with Crippen LogP contribution in [0.25, 0.3) is 11.3 Å². The molecule has 1 aromatic carbocycles. The molecule has 1 saturated heterocycles. The quantitative estimate of drug-likeness (QED) is 0.757. The van der Waals surface area contributed by atoms with Crippen LogP contribution in [0, 0.1) is 18.6 Å². The van der Waals surface area contributed by atoms with Gasteiger partial charge in [-0.3, -0.25) is 19.9 Å². The molecule has 1 spiro atoms. The molecule has 2 heterocycles. The molecule has 4 nitrogen and oxygen atoms in total. The van der Waals surface area contributed by atoms with Crippen LogP contribution in [0.15, 0.2) is 24.4 Å². The summed E-state index contributed by atoms with van der Waals surface area (Å²) in [6.45, 7) is 1.70. The minimum absolute atomic E-state index is 0.167. The van der Waals surface area contributed by atoms with Gasteiger partial charge in [-0.25, -0.2) is 8.78 Å². The van der Waals surface area contributed by atoms with Crippen LogP contribution in [0.3, 0.4) is 0 Å². The van der Waals surface area contributed by atoms with Crippen molar-refractivity contribution in [1.82, 2.24) is 10.3 Å². The Morgan fingerprint density at radius 2 is 1.86 bits per heavy atom. The molecular formula is C16H10F2N2O2. The summed E-state index contributed by atoms with van der Waals surface area (Å²) in [5.74, 6) is -2.13. The van der Waals surface area contributed by atoms with Crippen molar-refractivity contribution >= 4 is 11.8 Å². The van der Waals surface area contributed by atoms with Gasteiger partial charge in [-0.2, -0.15) is 0 Å². The minimum Gasteiger partial charge on any atom is -0.295 e. The molecular weight excluding hydrogens is 290 g/mol. The van der Waals surface area contributed by atoms with Crippen LogP contribution in [-0.4, -0.2) is 16.8 Å². The van der Waals surface area contributed by atoms with Crippen LogP contribution in [-0.2, 0) is 15.0 Å². The number of aryl methyl sites for hydroxylation is 1. The summed E-state index contributed by atoms with van der Waals surface area (Å²) >= 11 is 0. The lowest BCUT2D eigenvalue weighted by atomic mass is 9.76. The zero-order valence-corrected chi connectivity index (χ0v) is 11.5. The van der Waals surface area contributed by atoms with Gasteiger partial charge in [0.25, 0.3) is 0 Å². The van der Waals surface area contributed by atoms with Gasteiger partial charge in [-0.1, -0.05) is 0 Å². The van der Waals surface area contributed by atoms with Crippen molar-refractivity contribution < 1.29 is 18.4 Å². The maximum atomic E-state index is 13.9. The number of amides is 2. The Morgan fingerprint density at radius 3 is 2.55 bits per heavy atom. The van der Waals surface area contributed by atoms with E-state index in [2.05, 4.69) is 10.3 Å². The summed E-state index contributed by atoms with van der Waals surface area (Å²) in [7, 11) is 0. The molecule has 0 saturated carbocycles. The lowest BCUT2D eigenvalue weighted by Crippen LogP contribution is -2.35. The highest BCUT2D eigenvalue weighted by atomic mass is 19.1. The van der Waals surface area contributed by atoms with E-state index < -0.39 is 28.9 Å². The van der Waals surface area contributed by atoms with Crippen molar-refractivity contribution in [2.24, 2.45) is 0 Å². The number of nitrogens with zero attached hydrogens (tertiary/aromatic N) is 1. The molecule has 0 radical (unpaired) electrons. The first-order chi connectivity index (χ1) is 10.4. The number of imide groups is 1. The smallest absolute Gasteiger partial charge is 0.242 e. The zero-order chi connectivity index (χ0) is 15.6. The van der Waals surface area contributed by atoms with E-state index in [-0.39, 0.29) is 6.42 Å². The van der Waals surface area contributed by atoms with Gasteiger partial charge in [0, 0.05) is 17.5 Å². The summed E-state index contributed by atoms with van der Waals surface area (Å²) in [4.78, 5) is 28.3. The van der Waals surface area contributed by atoms with Gasteiger partial charge < -0.3 is 0 Å². The molecule has 1 aliphatic carbocycles. The molecule has 1 fully saturated rings. The van der Waals surface area contributed by atoms with Gasteiger partial charge >= 0.3 is 0 Å². The van der Waals surface area contributed by atoms with Crippen molar-refractivity contribution in [3.8, 4) is 11.3 Å². The number of fused-ring (bicyclic) bond motifs is 5. The maximum Gasteiger partial charge on any atom is 0.242 e. The molecule has 2 aromatic rings. The first-order valence-electron chi connectivity index (χ1n) is 6.75. The Labute approximate surface area is 124 Å². The number of hydrogen-bond acceptors (Lipinski definition) is 3. The van der Waals surface area contributed by atoms with Crippen molar-refractivity contribution in [2.75, 3.05) is 0 Å². The molecule has 4 rings (SSSR count). The lowest BCUT2D eigenvalue weighted by molar-refractivity contribution is -0.125. The van der Waals surface area contributed by atoms with Crippen molar-refractivity contribution in [3.63, 3.8) is 0 Å². The fourth-order valence-corrected chi connectivity index (χ4v) is 3.54. The highest BCUT2D eigenvalue weighted by Crippen LogP contribution is 2.53. The molecule has 1 unspecified atom stereocenters. The summed E-state index contributed by atoms with van der Waals surface area (Å²) in [6.07, 6.45) is 0.888. The molecule has 1 aliphatic heterocycles. The number of hydrogen-bond donors (Lipinski definition) is 1. The second kappa shape index (κ2) is 3.97. The third-order valence-electron chi connectivity index (χ3n) is 4.38. The number of halogens is 2. The highest BCUT2D eigenvalue weighted by Gasteiger charge is 2.56. The van der Waals surface area contributed by atoms with Gasteiger partial charge in [-0.05, 0) is 36.2 Å². The standard InChI is InChI=1S/C16H10F2N2O2/c1-7-2-8(17)3-10-13(7)14-11(4-9(18)6-19-14)16(10)5-12(21)20-15(16)22/h2-4,6H,5H2,1H3,(H,20,21,22). The molecule has 2 aliphatic rings. The largest absolute Gasteiger partial charge is 0.295 e. The summed E-state index contributed by atoms with van der Waals surface area (Å²) < 4.78 is 27.5. The number of pyridine rings is 1. The number of carbonyl (C=O) groups is 2. The average molecular weight is 300 g/mol. The Kier molecular flexibility index (Phi) is 2.36. The van der Waals surface area contributed by atoms with Crippen molar-refractivity contribution in [1.29, 1.82) is 0 Å². The van der Waals surface area contributed by atoms with E-state index in [1.807, 2.05) is 0 Å². The van der Waals surface area contributed by atoms with Crippen LogP contribution < -0.4 is 5.32 Å². The number of rotatable bonds is 0. The zero-order valence-electron chi connectivity index (χ0n) is 11.5. The third kappa shape index (κ3) is 1.41. The van der Waals surface area contributed by atoms with Crippen LogP contribution in [0.1, 0.15) is 23.1 Å². The number of nitrogens with one attached hydrogen (secondary N) is 1. The molecule has 1 atom stereocenters. The second-order valence-electron chi connectivity index (χ2n) is 5.65. The van der Waals surface area contributed by atoms with E-state index in [1.165, 1.54) is 18.2 Å². The predicted molar refractivity (Wildman–Crippen MR) is 72.9 cm³/mol. The SMILES string of the molecule is Cc1cc(F)cc2c1-c1ncc(F)cc1C21CC(=O)NC1=O. The molecule has 110 valence electrons. The Balaban J connectivity index is 2.16. The maximum absolute atomic E-state index is 13.9. The summed E-state index contributed by atoms with van der Waals surface area (Å²) in [5, 5.41) is 2.24. The van der Waals surface area contributed by atoms with Crippen LogP contribution in [0.5, 0.6) is 0 Å². The molecule has 0 bridgehead atoms. The molecule has 1 aromatic heterocycles. The van der Waals surface area contributed by atoms with Gasteiger partial charge in [0.1, 0.15) is 17.0 Å². The van der Waals surface area contributed by atoms with Gasteiger partial charge in [-0.15, -0.1) is 0 Å². The fraction of sp³-hybridized carbons (Fsp3) is 0.188. The number of benzene rings is 1. The van der Waals surface area contributed by atoms with Gasteiger partial charge in [0.05, 0.1) is 11.9 Å². The predicted octanol–water partition coefficient (Wildman–Crippen LogP) is 1.98. The van der Waals surface area contributed by atoms with E-state index in [0.717, 1.165) is 6.20 Å². The van der Waals surface area contributed by atoms with E-state index in [9.17, 15) is 18.4 Å². The monoisotopic (exact) mass is 300 g/mol. The molecule has 2 amide bonds. The van der Waals surface area contributed by atoms with Crippen LogP contribution in [0.4, 0.5) is 8.78 Å². The topological polar surface area (TPSA) is 59.1 Å². The van der Waals surface area contributed by atoms with Crippen LogP contribution >= 0.6 is 0 Å². The highest BCUT2D eigenvalue weighted by molar-refractivity contribution is 6.14. The van der Waals surface area contributed by atoms with E-state index in [0.29, 0.717) is 27.9 Å².